The molecule has 0 aliphatic carbocycles. The molecule has 12 heavy (non-hydrogen) atoms. The summed E-state index contributed by atoms with van der Waals surface area (Å²) in [5, 5.41) is 8.40. The van der Waals surface area contributed by atoms with E-state index in [-0.39, 0.29) is 6.42 Å². The summed E-state index contributed by atoms with van der Waals surface area (Å²) in [6, 6.07) is 3.55. The molecule has 0 amide bonds. The zero-order valence-electron chi connectivity index (χ0n) is 6.43. The largest absolute Gasteiger partial charge is 0.481 e. The van der Waals surface area contributed by atoms with Gasteiger partial charge in [0.2, 0.25) is 0 Å². The summed E-state index contributed by atoms with van der Waals surface area (Å²) >= 11 is 4.88. The Morgan fingerprint density at radius 2 is 2.08 bits per heavy atom. The molecule has 1 heterocycles. The second-order valence-electron chi connectivity index (χ2n) is 2.42. The van der Waals surface area contributed by atoms with Crippen molar-refractivity contribution >= 4 is 18.2 Å². The first-order chi connectivity index (χ1) is 5.68. The summed E-state index contributed by atoms with van der Waals surface area (Å²) in [6.45, 7) is 0.491. The second-order valence-corrected chi connectivity index (χ2v) is 2.89. The number of rotatable bonds is 3. The SMILES string of the molecule is O=C(O)CCn1ccc(=S)cc1. The molecule has 0 bridgehead atoms. The molecular weight excluding hydrogens is 174 g/mol. The highest BCUT2D eigenvalue weighted by molar-refractivity contribution is 7.71. The highest BCUT2D eigenvalue weighted by Gasteiger charge is 1.95. The number of aromatic nitrogens is 1. The Bertz CT molecular complexity index is 312. The molecule has 0 aromatic carbocycles. The van der Waals surface area contributed by atoms with Crippen LogP contribution in [0.15, 0.2) is 24.5 Å². The van der Waals surface area contributed by atoms with Crippen LogP contribution in [0.25, 0.3) is 0 Å². The van der Waals surface area contributed by atoms with E-state index in [1.54, 1.807) is 29.1 Å². The first kappa shape index (κ1) is 8.93. The number of nitrogens with zero attached hydrogens (tertiary/aromatic N) is 1. The van der Waals surface area contributed by atoms with Crippen molar-refractivity contribution in [3.63, 3.8) is 0 Å². The monoisotopic (exact) mass is 183 g/mol. The molecule has 0 saturated heterocycles. The van der Waals surface area contributed by atoms with Crippen molar-refractivity contribution < 1.29 is 9.90 Å². The Kier molecular flexibility index (Phi) is 2.99. The molecule has 3 nitrogen and oxygen atoms in total. The van der Waals surface area contributed by atoms with Gasteiger partial charge < -0.3 is 9.67 Å². The zero-order chi connectivity index (χ0) is 8.97. The highest BCUT2D eigenvalue weighted by Crippen LogP contribution is 1.94. The van der Waals surface area contributed by atoms with E-state index in [0.29, 0.717) is 6.54 Å². The van der Waals surface area contributed by atoms with Crippen molar-refractivity contribution in [2.45, 2.75) is 13.0 Å². The number of aliphatic carboxylic acids is 1. The van der Waals surface area contributed by atoms with Crippen molar-refractivity contribution in [3.8, 4) is 0 Å². The number of carboxylic acids is 1. The molecule has 64 valence electrons. The second kappa shape index (κ2) is 4.01. The molecule has 4 heteroatoms. The van der Waals surface area contributed by atoms with E-state index in [0.717, 1.165) is 4.51 Å². The van der Waals surface area contributed by atoms with Gasteiger partial charge in [0.1, 0.15) is 0 Å². The Labute approximate surface area is 75.3 Å². The Morgan fingerprint density at radius 3 is 2.58 bits per heavy atom. The molecule has 1 rings (SSSR count). The van der Waals surface area contributed by atoms with Crippen LogP contribution in [0.2, 0.25) is 0 Å². The van der Waals surface area contributed by atoms with Gasteiger partial charge >= 0.3 is 5.97 Å². The van der Waals surface area contributed by atoms with Crippen LogP contribution in [0.4, 0.5) is 0 Å². The summed E-state index contributed by atoms with van der Waals surface area (Å²) < 4.78 is 2.56. The normalized spacial score (nSPS) is 9.67. The Balaban J connectivity index is 2.59. The predicted molar refractivity (Wildman–Crippen MR) is 47.5 cm³/mol. The maximum Gasteiger partial charge on any atom is 0.305 e. The predicted octanol–water partition coefficient (Wildman–Crippen LogP) is 1.69. The molecule has 0 aliphatic heterocycles. The van der Waals surface area contributed by atoms with E-state index >= 15 is 0 Å². The van der Waals surface area contributed by atoms with Gasteiger partial charge in [-0.05, 0) is 12.1 Å². The molecule has 0 spiro atoms. The third-order valence-electron chi connectivity index (χ3n) is 1.44. The van der Waals surface area contributed by atoms with Gasteiger partial charge in [-0.25, -0.2) is 0 Å². The third kappa shape index (κ3) is 2.84. The summed E-state index contributed by atoms with van der Waals surface area (Å²) in [6.07, 6.45) is 3.71. The van der Waals surface area contributed by atoms with Crippen LogP contribution in [-0.4, -0.2) is 15.6 Å². The number of aryl methyl sites for hydroxylation is 1. The topological polar surface area (TPSA) is 42.2 Å². The molecule has 0 saturated carbocycles. The van der Waals surface area contributed by atoms with Crippen molar-refractivity contribution in [2.75, 3.05) is 0 Å². The van der Waals surface area contributed by atoms with E-state index in [4.69, 9.17) is 17.3 Å². The number of pyridine rings is 1. The van der Waals surface area contributed by atoms with Crippen molar-refractivity contribution in [3.05, 3.63) is 29.0 Å². The first-order valence-corrected chi connectivity index (χ1v) is 3.97. The minimum Gasteiger partial charge on any atom is -0.481 e. The average molecular weight is 183 g/mol. The smallest absolute Gasteiger partial charge is 0.305 e. The summed E-state index contributed by atoms with van der Waals surface area (Å²) in [4.78, 5) is 10.2. The lowest BCUT2D eigenvalue weighted by Crippen LogP contribution is -2.03. The van der Waals surface area contributed by atoms with Crippen LogP contribution < -0.4 is 0 Å². The molecule has 0 radical (unpaired) electrons. The van der Waals surface area contributed by atoms with Gasteiger partial charge in [0, 0.05) is 23.4 Å². The van der Waals surface area contributed by atoms with Gasteiger partial charge in [0.05, 0.1) is 6.42 Å². The van der Waals surface area contributed by atoms with Crippen LogP contribution >= 0.6 is 12.2 Å². The average Bonchev–Trinajstić information content (AvgIpc) is 2.03. The lowest BCUT2D eigenvalue weighted by Gasteiger charge is -2.01. The maximum atomic E-state index is 10.2. The molecule has 0 atom stereocenters. The van der Waals surface area contributed by atoms with Crippen LogP contribution in [0.1, 0.15) is 6.42 Å². The minimum atomic E-state index is -0.787. The van der Waals surface area contributed by atoms with Gasteiger partial charge in [0.25, 0.3) is 0 Å². The fourth-order valence-electron chi connectivity index (χ4n) is 0.817. The fourth-order valence-corrected chi connectivity index (χ4v) is 0.939. The summed E-state index contributed by atoms with van der Waals surface area (Å²) in [5.41, 5.74) is 0. The van der Waals surface area contributed by atoms with Crippen molar-refractivity contribution in [2.24, 2.45) is 0 Å². The van der Waals surface area contributed by atoms with Gasteiger partial charge in [-0.3, -0.25) is 4.79 Å². The van der Waals surface area contributed by atoms with Crippen molar-refractivity contribution in [1.82, 2.24) is 4.57 Å². The fraction of sp³-hybridized carbons (Fsp3) is 0.250. The summed E-state index contributed by atoms with van der Waals surface area (Å²) in [5.74, 6) is -0.787. The zero-order valence-corrected chi connectivity index (χ0v) is 7.25. The third-order valence-corrected chi connectivity index (χ3v) is 1.72. The lowest BCUT2D eigenvalue weighted by atomic mass is 10.4. The highest BCUT2D eigenvalue weighted by atomic mass is 32.1. The van der Waals surface area contributed by atoms with Gasteiger partial charge in [-0.2, -0.15) is 0 Å². The molecule has 0 aliphatic rings. The van der Waals surface area contributed by atoms with E-state index < -0.39 is 5.97 Å². The molecular formula is C8H9NO2S. The van der Waals surface area contributed by atoms with E-state index in [9.17, 15) is 4.79 Å². The molecule has 0 fully saturated rings. The minimum absolute atomic E-state index is 0.140. The van der Waals surface area contributed by atoms with Gasteiger partial charge in [-0.15, -0.1) is 0 Å². The number of carbonyl (C=O) groups is 1. The maximum absolute atomic E-state index is 10.2. The Hall–Kier alpha value is -1.16. The Morgan fingerprint density at radius 1 is 1.50 bits per heavy atom. The summed E-state index contributed by atoms with van der Waals surface area (Å²) in [7, 11) is 0. The molecule has 0 unspecified atom stereocenters. The van der Waals surface area contributed by atoms with E-state index in [2.05, 4.69) is 0 Å². The number of carboxylic acid groups (broad SMARTS) is 1. The van der Waals surface area contributed by atoms with Crippen LogP contribution in [0.5, 0.6) is 0 Å². The molecule has 1 aromatic heterocycles. The molecule has 1 aromatic rings. The molecule has 1 N–H and O–H groups in total. The lowest BCUT2D eigenvalue weighted by molar-refractivity contribution is -0.137. The number of hydrogen-bond acceptors (Lipinski definition) is 2. The van der Waals surface area contributed by atoms with Crippen molar-refractivity contribution in [1.29, 1.82) is 0 Å². The number of hydrogen-bond donors (Lipinski definition) is 1. The van der Waals surface area contributed by atoms with Crippen LogP contribution in [-0.2, 0) is 11.3 Å². The first-order valence-electron chi connectivity index (χ1n) is 3.56. The van der Waals surface area contributed by atoms with Crippen LogP contribution in [0.3, 0.4) is 0 Å². The van der Waals surface area contributed by atoms with Crippen LogP contribution in [0, 0.1) is 4.51 Å². The van der Waals surface area contributed by atoms with Gasteiger partial charge in [0.15, 0.2) is 0 Å². The quantitative estimate of drug-likeness (QED) is 0.725. The van der Waals surface area contributed by atoms with Gasteiger partial charge in [-0.1, -0.05) is 12.2 Å². The standard InChI is InChI=1S/C8H9NO2S/c10-8(11)3-6-9-4-1-7(12)2-5-9/h1-2,4-5H,3,6H2,(H,10,11). The van der Waals surface area contributed by atoms with E-state index in [1.165, 1.54) is 0 Å². The van der Waals surface area contributed by atoms with E-state index in [1.807, 2.05) is 0 Å².